The van der Waals surface area contributed by atoms with Gasteiger partial charge in [0.05, 0.1) is 3.91 Å². The zero-order valence-corrected chi connectivity index (χ0v) is 23.4. The maximum Gasteiger partial charge on any atom is 0.0988 e. The van der Waals surface area contributed by atoms with Crippen molar-refractivity contribution in [3.8, 4) is 0 Å². The van der Waals surface area contributed by atoms with Crippen LogP contribution < -0.4 is 0 Å². The predicted molar refractivity (Wildman–Crippen MR) is 148 cm³/mol. The topological polar surface area (TPSA) is 0 Å². The molecule has 0 fully saturated rings. The Morgan fingerprint density at radius 1 is 0.625 bits per heavy atom. The minimum Gasteiger partial charge on any atom is -0.165 e. The zero-order valence-electron chi connectivity index (χ0n) is 14.9. The first-order valence-corrected chi connectivity index (χ1v) is 15.2. The number of thiol groups is 5. The van der Waals surface area contributed by atoms with Gasteiger partial charge in [-0.25, -0.2) is 0 Å². The van der Waals surface area contributed by atoms with Gasteiger partial charge in [0.2, 0.25) is 0 Å². The van der Waals surface area contributed by atoms with Crippen LogP contribution in [0, 0.1) is 0 Å². The summed E-state index contributed by atoms with van der Waals surface area (Å²) in [4.78, 5) is 0. The molecule has 148 valence electrons. The van der Waals surface area contributed by atoms with Crippen LogP contribution in [0.5, 0.6) is 0 Å². The lowest BCUT2D eigenvalue weighted by Gasteiger charge is -2.20. The van der Waals surface area contributed by atoms with Crippen LogP contribution in [-0.4, -0.2) is 31.9 Å². The highest BCUT2D eigenvalue weighted by Gasteiger charge is 2.16. The first-order valence-electron chi connectivity index (χ1n) is 7.72. The smallest absolute Gasteiger partial charge is 0.0988 e. The molecule has 0 aliphatic rings. The second kappa shape index (κ2) is 19.8. The van der Waals surface area contributed by atoms with Crippen molar-refractivity contribution in [3.05, 3.63) is 0 Å². The second-order valence-electron chi connectivity index (χ2n) is 4.67. The van der Waals surface area contributed by atoms with Gasteiger partial charge in [0.1, 0.15) is 0 Å². The molecular weight excluding hydrogens is 489 g/mol. The molecule has 0 aliphatic carbocycles. The minimum atomic E-state index is 0.365. The predicted octanol–water partition coefficient (Wildman–Crippen LogP) is 8.04. The zero-order chi connectivity index (χ0) is 19.1. The van der Waals surface area contributed by atoms with Crippen molar-refractivity contribution in [2.75, 3.05) is 5.08 Å². The average Bonchev–Trinajstić information content (AvgIpc) is 2.45. The lowest BCUT2D eigenvalue weighted by atomic mass is 10.6. The molecule has 0 spiro atoms. The SMILES string of the molecule is CC(S)SC(SC(C)S)SC(C)S.CCC(S)SCSC(S)CC. The van der Waals surface area contributed by atoms with Gasteiger partial charge in [-0.2, -0.15) is 63.1 Å². The summed E-state index contributed by atoms with van der Waals surface area (Å²) < 4.78 is 2.57. The van der Waals surface area contributed by atoms with Crippen LogP contribution in [0.2, 0.25) is 0 Å². The van der Waals surface area contributed by atoms with Crippen molar-refractivity contribution < 1.29 is 0 Å². The summed E-state index contributed by atoms with van der Waals surface area (Å²) in [6, 6.07) is 0. The monoisotopic (exact) mass is 520 g/mol. The van der Waals surface area contributed by atoms with E-state index in [1.54, 1.807) is 0 Å². The van der Waals surface area contributed by atoms with Crippen molar-refractivity contribution in [2.24, 2.45) is 0 Å². The van der Waals surface area contributed by atoms with Crippen LogP contribution in [0.15, 0.2) is 0 Å². The van der Waals surface area contributed by atoms with Gasteiger partial charge in [0, 0.05) is 28.0 Å². The van der Waals surface area contributed by atoms with E-state index in [1.165, 1.54) is 0 Å². The van der Waals surface area contributed by atoms with E-state index in [2.05, 4.69) is 97.8 Å². The van der Waals surface area contributed by atoms with Crippen molar-refractivity contribution in [2.45, 2.75) is 74.3 Å². The third-order valence-electron chi connectivity index (χ3n) is 2.14. The Balaban J connectivity index is 0. The fraction of sp³-hybridized carbons (Fsp3) is 1.00. The molecule has 0 nitrogen and oxygen atoms in total. The molecule has 0 aromatic rings. The number of hydrogen-bond acceptors (Lipinski definition) is 10. The molecule has 0 radical (unpaired) electrons. The lowest BCUT2D eigenvalue weighted by Crippen LogP contribution is -2.02. The minimum absolute atomic E-state index is 0.365. The van der Waals surface area contributed by atoms with Crippen molar-refractivity contribution in [1.29, 1.82) is 0 Å². The van der Waals surface area contributed by atoms with E-state index >= 15 is 0 Å². The third-order valence-corrected chi connectivity index (χ3v) is 11.2. The van der Waals surface area contributed by atoms with E-state index in [-0.39, 0.29) is 0 Å². The highest BCUT2D eigenvalue weighted by molar-refractivity contribution is 8.37. The summed E-state index contributed by atoms with van der Waals surface area (Å²) in [7, 11) is 0. The fourth-order valence-electron chi connectivity index (χ4n) is 1.01. The lowest BCUT2D eigenvalue weighted by molar-refractivity contribution is 1.06. The molecule has 0 saturated carbocycles. The standard InChI is InChI=1S/C7H16S6.C7H16S4/c1-4(8)11-7(12-5(2)9)13-6(3)10;1-3-6(8)10-5-11-7(9)4-2/h4-10H,1-3H3;6-9H,3-5H2,1-2H3. The maximum atomic E-state index is 4.39. The Hall–Kier alpha value is 3.50. The van der Waals surface area contributed by atoms with Crippen LogP contribution in [0.1, 0.15) is 47.5 Å². The van der Waals surface area contributed by atoms with Crippen molar-refractivity contribution in [1.82, 2.24) is 0 Å². The Labute approximate surface area is 199 Å². The normalized spacial score (nSPS) is 18.8. The first-order chi connectivity index (χ1) is 11.1. The summed E-state index contributed by atoms with van der Waals surface area (Å²) in [5, 5.41) is 1.12. The first kappa shape index (κ1) is 29.7. The van der Waals surface area contributed by atoms with Gasteiger partial charge < -0.3 is 0 Å². The van der Waals surface area contributed by atoms with E-state index in [9.17, 15) is 0 Å². The summed E-state index contributed by atoms with van der Waals surface area (Å²) in [6.45, 7) is 10.6. The van der Waals surface area contributed by atoms with E-state index in [1.807, 2.05) is 58.8 Å². The van der Waals surface area contributed by atoms with Crippen LogP contribution in [0.3, 0.4) is 0 Å². The molecule has 0 bridgehead atoms. The van der Waals surface area contributed by atoms with E-state index in [0.717, 1.165) is 17.9 Å². The van der Waals surface area contributed by atoms with E-state index < -0.39 is 0 Å². The maximum absolute atomic E-state index is 4.39. The molecule has 0 saturated heterocycles. The average molecular weight is 521 g/mol. The van der Waals surface area contributed by atoms with E-state index in [4.69, 9.17) is 0 Å². The van der Waals surface area contributed by atoms with E-state index in [0.29, 0.717) is 26.8 Å². The second-order valence-corrected chi connectivity index (χ2v) is 18.0. The number of rotatable bonds is 12. The molecule has 24 heavy (non-hydrogen) atoms. The molecule has 0 N–H and O–H groups in total. The Morgan fingerprint density at radius 2 is 0.917 bits per heavy atom. The molecule has 10 heteroatoms. The third kappa shape index (κ3) is 23.5. The molecule has 0 amide bonds. The van der Waals surface area contributed by atoms with Crippen LogP contribution >= 0.6 is 122 Å². The van der Waals surface area contributed by atoms with Crippen LogP contribution in [-0.2, 0) is 0 Å². The molecule has 0 heterocycles. The summed E-state index contributed by atoms with van der Waals surface area (Å²) in [6.07, 6.45) is 2.27. The quantitative estimate of drug-likeness (QED) is 0.130. The molecule has 5 atom stereocenters. The Morgan fingerprint density at radius 3 is 1.12 bits per heavy atom. The van der Waals surface area contributed by atoms with Gasteiger partial charge in [-0.1, -0.05) is 13.8 Å². The molecule has 0 aromatic heterocycles. The van der Waals surface area contributed by atoms with Gasteiger partial charge in [-0.3, -0.25) is 0 Å². The Bertz CT molecular complexity index is 228. The van der Waals surface area contributed by atoms with Gasteiger partial charge in [0.25, 0.3) is 0 Å². The van der Waals surface area contributed by atoms with Crippen LogP contribution in [0.4, 0.5) is 0 Å². The summed E-state index contributed by atoms with van der Waals surface area (Å²) in [5.41, 5.74) is 0. The van der Waals surface area contributed by atoms with Crippen LogP contribution in [0.25, 0.3) is 0 Å². The fourth-order valence-corrected chi connectivity index (χ4v) is 11.5. The molecular formula is C14H32S10. The van der Waals surface area contributed by atoms with Gasteiger partial charge in [0.15, 0.2) is 0 Å². The summed E-state index contributed by atoms with van der Waals surface area (Å²) >= 11 is 31.2. The largest absolute Gasteiger partial charge is 0.165 e. The number of hydrogen-bond donors (Lipinski definition) is 5. The van der Waals surface area contributed by atoms with Gasteiger partial charge in [-0.05, 0) is 33.6 Å². The Kier molecular flexibility index (Phi) is 24.5. The van der Waals surface area contributed by atoms with Crippen molar-refractivity contribution >= 4 is 122 Å². The molecule has 0 rings (SSSR count). The highest BCUT2D eigenvalue weighted by Crippen LogP contribution is 2.42. The molecule has 0 aromatic carbocycles. The highest BCUT2D eigenvalue weighted by atomic mass is 32.3. The van der Waals surface area contributed by atoms with Crippen molar-refractivity contribution in [3.63, 3.8) is 0 Å². The molecule has 5 unspecified atom stereocenters. The van der Waals surface area contributed by atoms with Gasteiger partial charge in [-0.15, -0.1) is 58.8 Å². The molecule has 0 aliphatic heterocycles. The van der Waals surface area contributed by atoms with Gasteiger partial charge >= 0.3 is 0 Å². The number of thioether (sulfide) groups is 5. The summed E-state index contributed by atoms with van der Waals surface area (Å²) in [5.74, 6) is 0.